The number of aliphatic hydroxyl groups excluding tert-OH is 1. The van der Waals surface area contributed by atoms with Crippen LogP contribution in [0.2, 0.25) is 0 Å². The molecule has 0 aliphatic carbocycles. The standard InChI is InChI=1S/C27H34N2O3/c30-25(20-28-18-14-23(15-19-28)22-8-2-1-3-9-22)21-32-26-11-5-4-10-24(26)12-13-27(31)29-16-6-7-17-29/h1-5,8-13,23,25,30H,6-7,14-21H2. The minimum atomic E-state index is -0.549. The number of ether oxygens (including phenoxy) is 1. The van der Waals surface area contributed by atoms with Crippen LogP contribution in [0.3, 0.4) is 0 Å². The topological polar surface area (TPSA) is 53.0 Å². The highest BCUT2D eigenvalue weighted by Crippen LogP contribution is 2.28. The van der Waals surface area contributed by atoms with Crippen molar-refractivity contribution in [3.63, 3.8) is 0 Å². The van der Waals surface area contributed by atoms with Crippen LogP contribution in [0.1, 0.15) is 42.7 Å². The van der Waals surface area contributed by atoms with Gasteiger partial charge in [-0.2, -0.15) is 0 Å². The third-order valence-electron chi connectivity index (χ3n) is 6.50. The molecular weight excluding hydrogens is 400 g/mol. The van der Waals surface area contributed by atoms with E-state index in [9.17, 15) is 9.90 Å². The minimum Gasteiger partial charge on any atom is -0.490 e. The lowest BCUT2D eigenvalue weighted by Gasteiger charge is -2.33. The van der Waals surface area contributed by atoms with Crippen LogP contribution in [0.5, 0.6) is 5.75 Å². The van der Waals surface area contributed by atoms with Crippen LogP contribution in [0.25, 0.3) is 6.08 Å². The maximum atomic E-state index is 12.3. The Bertz CT molecular complexity index is 885. The zero-order valence-corrected chi connectivity index (χ0v) is 18.7. The van der Waals surface area contributed by atoms with Gasteiger partial charge in [0.15, 0.2) is 0 Å². The second-order valence-electron chi connectivity index (χ2n) is 8.85. The Hall–Kier alpha value is -2.63. The molecule has 2 aromatic carbocycles. The average Bonchev–Trinajstić information content (AvgIpc) is 3.38. The lowest BCUT2D eigenvalue weighted by atomic mass is 9.89. The molecule has 5 heteroatoms. The van der Waals surface area contributed by atoms with E-state index in [0.29, 0.717) is 18.2 Å². The van der Waals surface area contributed by atoms with E-state index in [4.69, 9.17) is 4.74 Å². The van der Waals surface area contributed by atoms with E-state index >= 15 is 0 Å². The Balaban J connectivity index is 1.24. The summed E-state index contributed by atoms with van der Waals surface area (Å²) in [4.78, 5) is 16.5. The molecule has 32 heavy (non-hydrogen) atoms. The SMILES string of the molecule is O=C(C=Cc1ccccc1OCC(O)CN1CCC(c2ccccc2)CC1)N1CCCC1. The van der Waals surface area contributed by atoms with Crippen molar-refractivity contribution in [2.75, 3.05) is 39.3 Å². The van der Waals surface area contributed by atoms with Gasteiger partial charge in [-0.25, -0.2) is 0 Å². The van der Waals surface area contributed by atoms with E-state index in [1.807, 2.05) is 35.2 Å². The number of nitrogens with zero attached hydrogens (tertiary/aromatic N) is 2. The van der Waals surface area contributed by atoms with Gasteiger partial charge in [0.25, 0.3) is 0 Å². The van der Waals surface area contributed by atoms with E-state index in [1.165, 1.54) is 5.56 Å². The van der Waals surface area contributed by atoms with Gasteiger partial charge in [-0.3, -0.25) is 4.79 Å². The first kappa shape index (κ1) is 22.6. The van der Waals surface area contributed by atoms with Gasteiger partial charge in [-0.15, -0.1) is 0 Å². The lowest BCUT2D eigenvalue weighted by Crippen LogP contribution is -2.40. The van der Waals surface area contributed by atoms with Gasteiger partial charge in [0.05, 0.1) is 0 Å². The molecular formula is C27H34N2O3. The molecule has 2 saturated heterocycles. The van der Waals surface area contributed by atoms with Crippen molar-refractivity contribution in [1.82, 2.24) is 9.80 Å². The highest BCUT2D eigenvalue weighted by molar-refractivity contribution is 5.92. The predicted molar refractivity (Wildman–Crippen MR) is 128 cm³/mol. The van der Waals surface area contributed by atoms with Crippen LogP contribution in [0, 0.1) is 0 Å². The summed E-state index contributed by atoms with van der Waals surface area (Å²) in [7, 11) is 0. The number of likely N-dealkylation sites (tertiary alicyclic amines) is 2. The third kappa shape index (κ3) is 6.21. The first-order valence-electron chi connectivity index (χ1n) is 11.8. The number of β-amino-alcohol motifs (C(OH)–C–C–N with tert-alkyl or cyclic N) is 1. The van der Waals surface area contributed by atoms with Crippen molar-refractivity contribution in [3.05, 3.63) is 71.8 Å². The average molecular weight is 435 g/mol. The number of carbonyl (C=O) groups is 1. The van der Waals surface area contributed by atoms with E-state index in [0.717, 1.165) is 57.4 Å². The van der Waals surface area contributed by atoms with Gasteiger partial charge in [0, 0.05) is 31.3 Å². The summed E-state index contributed by atoms with van der Waals surface area (Å²) in [6.45, 7) is 4.53. The fourth-order valence-electron chi connectivity index (χ4n) is 4.66. The summed E-state index contributed by atoms with van der Waals surface area (Å²) in [5.41, 5.74) is 2.28. The number of hydrogen-bond acceptors (Lipinski definition) is 4. The van der Waals surface area contributed by atoms with Gasteiger partial charge in [-0.1, -0.05) is 48.5 Å². The molecule has 1 unspecified atom stereocenters. The summed E-state index contributed by atoms with van der Waals surface area (Å²) < 4.78 is 5.94. The molecule has 0 aromatic heterocycles. The van der Waals surface area contributed by atoms with Gasteiger partial charge >= 0.3 is 0 Å². The molecule has 170 valence electrons. The molecule has 1 N–H and O–H groups in total. The van der Waals surface area contributed by atoms with E-state index < -0.39 is 6.10 Å². The number of hydrogen-bond donors (Lipinski definition) is 1. The van der Waals surface area contributed by atoms with Crippen molar-refractivity contribution in [2.45, 2.75) is 37.7 Å². The summed E-state index contributed by atoms with van der Waals surface area (Å²) in [5.74, 6) is 1.36. The molecule has 0 saturated carbocycles. The van der Waals surface area contributed by atoms with Crippen LogP contribution < -0.4 is 4.74 Å². The Morgan fingerprint density at radius 3 is 2.44 bits per heavy atom. The van der Waals surface area contributed by atoms with E-state index in [-0.39, 0.29) is 12.5 Å². The predicted octanol–water partition coefficient (Wildman–Crippen LogP) is 3.94. The van der Waals surface area contributed by atoms with Crippen LogP contribution in [-0.2, 0) is 4.79 Å². The highest BCUT2D eigenvalue weighted by Gasteiger charge is 2.22. The maximum Gasteiger partial charge on any atom is 0.246 e. The zero-order chi connectivity index (χ0) is 22.2. The largest absolute Gasteiger partial charge is 0.490 e. The normalized spacial score (nSPS) is 18.8. The first-order chi connectivity index (χ1) is 15.7. The Morgan fingerprint density at radius 1 is 1.00 bits per heavy atom. The number of rotatable bonds is 8. The molecule has 2 heterocycles. The van der Waals surface area contributed by atoms with Gasteiger partial charge < -0.3 is 19.6 Å². The van der Waals surface area contributed by atoms with Crippen molar-refractivity contribution in [2.24, 2.45) is 0 Å². The number of para-hydroxylation sites is 1. The van der Waals surface area contributed by atoms with Crippen LogP contribution >= 0.6 is 0 Å². The van der Waals surface area contributed by atoms with Crippen LogP contribution in [0.15, 0.2) is 60.7 Å². The summed E-state index contributed by atoms with van der Waals surface area (Å²) >= 11 is 0. The Morgan fingerprint density at radius 2 is 1.69 bits per heavy atom. The number of benzene rings is 2. The van der Waals surface area contributed by atoms with Crippen molar-refractivity contribution in [1.29, 1.82) is 0 Å². The number of aliphatic hydroxyl groups is 1. The van der Waals surface area contributed by atoms with Gasteiger partial charge in [0.2, 0.25) is 5.91 Å². The lowest BCUT2D eigenvalue weighted by molar-refractivity contribution is -0.124. The van der Waals surface area contributed by atoms with Crippen molar-refractivity contribution in [3.8, 4) is 5.75 Å². The van der Waals surface area contributed by atoms with Gasteiger partial charge in [-0.05, 0) is 62.4 Å². The molecule has 1 amide bonds. The summed E-state index contributed by atoms with van der Waals surface area (Å²) in [6, 6.07) is 18.4. The summed E-state index contributed by atoms with van der Waals surface area (Å²) in [5, 5.41) is 10.6. The van der Waals surface area contributed by atoms with Crippen molar-refractivity contribution >= 4 is 12.0 Å². The highest BCUT2D eigenvalue weighted by atomic mass is 16.5. The van der Waals surface area contributed by atoms with E-state index in [1.54, 1.807) is 6.08 Å². The molecule has 2 aliphatic rings. The molecule has 2 aliphatic heterocycles. The van der Waals surface area contributed by atoms with Gasteiger partial charge in [0.1, 0.15) is 18.5 Å². The fraction of sp³-hybridized carbons (Fsp3) is 0.444. The molecule has 1 atom stereocenters. The number of piperidine rings is 1. The molecule has 2 fully saturated rings. The number of amides is 1. The Labute approximate surface area is 191 Å². The quantitative estimate of drug-likeness (QED) is 0.640. The maximum absolute atomic E-state index is 12.3. The molecule has 4 rings (SSSR count). The third-order valence-corrected chi connectivity index (χ3v) is 6.50. The zero-order valence-electron chi connectivity index (χ0n) is 18.7. The Kier molecular flexibility index (Phi) is 7.97. The van der Waals surface area contributed by atoms with Crippen molar-refractivity contribution < 1.29 is 14.6 Å². The molecule has 2 aromatic rings. The second-order valence-corrected chi connectivity index (χ2v) is 8.85. The molecule has 0 radical (unpaired) electrons. The first-order valence-corrected chi connectivity index (χ1v) is 11.8. The molecule has 0 spiro atoms. The number of carbonyl (C=O) groups excluding carboxylic acids is 1. The monoisotopic (exact) mass is 434 g/mol. The van der Waals surface area contributed by atoms with Crippen LogP contribution in [0.4, 0.5) is 0 Å². The van der Waals surface area contributed by atoms with E-state index in [2.05, 4.69) is 35.2 Å². The van der Waals surface area contributed by atoms with Crippen LogP contribution in [-0.4, -0.2) is 66.2 Å². The minimum absolute atomic E-state index is 0.0521. The summed E-state index contributed by atoms with van der Waals surface area (Å²) in [6.07, 6.45) is 7.30. The molecule has 0 bridgehead atoms. The fourth-order valence-corrected chi connectivity index (χ4v) is 4.66. The second kappa shape index (κ2) is 11.3. The smallest absolute Gasteiger partial charge is 0.246 e. The molecule has 5 nitrogen and oxygen atoms in total.